The number of nitrogens with zero attached hydrogens (tertiary/aromatic N) is 1. The van der Waals surface area contributed by atoms with Gasteiger partial charge in [-0.05, 0) is 25.8 Å². The van der Waals surface area contributed by atoms with Gasteiger partial charge in [-0.3, -0.25) is 0 Å². The normalized spacial score (nSPS) is 18.7. The Labute approximate surface area is 67.7 Å². The molecule has 0 radical (unpaired) electrons. The average molecular weight is 155 g/mol. The Hall–Kier alpha value is -0.370. The van der Waals surface area contributed by atoms with E-state index in [0.717, 1.165) is 18.1 Å². The fourth-order valence-electron chi connectivity index (χ4n) is 1.19. The molecule has 2 heteroatoms. The fraction of sp³-hybridized carbons (Fsp3) is 0.625. The van der Waals surface area contributed by atoms with Crippen LogP contribution in [0.15, 0.2) is 12.2 Å². The Balaban J connectivity index is 2.40. The van der Waals surface area contributed by atoms with Gasteiger partial charge in [0.1, 0.15) is 4.99 Å². The topological polar surface area (TPSA) is 3.24 Å². The summed E-state index contributed by atoms with van der Waals surface area (Å²) in [5.74, 6) is 0. The number of likely N-dealkylation sites (tertiary alicyclic amines) is 1. The number of hydrogen-bond donors (Lipinski definition) is 0. The van der Waals surface area contributed by atoms with E-state index >= 15 is 0 Å². The van der Waals surface area contributed by atoms with Crippen molar-refractivity contribution in [3.63, 3.8) is 0 Å². The van der Waals surface area contributed by atoms with Crippen LogP contribution >= 0.6 is 12.2 Å². The first-order valence-corrected chi connectivity index (χ1v) is 4.17. The Kier molecular flexibility index (Phi) is 2.87. The molecule has 0 bridgehead atoms. The zero-order valence-corrected chi connectivity index (χ0v) is 7.16. The van der Waals surface area contributed by atoms with Gasteiger partial charge in [-0.25, -0.2) is 0 Å². The molecule has 0 amide bonds. The van der Waals surface area contributed by atoms with Crippen LogP contribution in [0.1, 0.15) is 19.8 Å². The van der Waals surface area contributed by atoms with Gasteiger partial charge >= 0.3 is 0 Å². The van der Waals surface area contributed by atoms with Crippen molar-refractivity contribution in [3.05, 3.63) is 12.2 Å². The number of rotatable bonds is 1. The molecule has 1 aliphatic rings. The molecule has 0 spiro atoms. The van der Waals surface area contributed by atoms with E-state index in [0.29, 0.717) is 0 Å². The highest BCUT2D eigenvalue weighted by Crippen LogP contribution is 2.08. The third-order valence-electron chi connectivity index (χ3n) is 1.73. The highest BCUT2D eigenvalue weighted by molar-refractivity contribution is 7.80. The fourth-order valence-corrected chi connectivity index (χ4v) is 1.50. The molecule has 1 heterocycles. The lowest BCUT2D eigenvalue weighted by atomic mass is 10.4. The molecular formula is C8H13NS. The van der Waals surface area contributed by atoms with Crippen LogP contribution in [0.3, 0.4) is 0 Å². The van der Waals surface area contributed by atoms with Gasteiger partial charge in [-0.15, -0.1) is 0 Å². The molecule has 0 unspecified atom stereocenters. The molecule has 1 aliphatic heterocycles. The summed E-state index contributed by atoms with van der Waals surface area (Å²) in [6, 6.07) is 0. The number of thiocarbonyl (C=S) groups is 1. The molecule has 1 nitrogen and oxygen atoms in total. The van der Waals surface area contributed by atoms with Crippen molar-refractivity contribution in [1.82, 2.24) is 4.90 Å². The maximum absolute atomic E-state index is 5.15. The quantitative estimate of drug-likeness (QED) is 0.421. The highest BCUT2D eigenvalue weighted by Gasteiger charge is 2.11. The number of hydrogen-bond acceptors (Lipinski definition) is 1. The van der Waals surface area contributed by atoms with Crippen LogP contribution in [0, 0.1) is 0 Å². The smallest absolute Gasteiger partial charge is 0.101 e. The third kappa shape index (κ3) is 1.81. The Morgan fingerprint density at radius 1 is 1.40 bits per heavy atom. The van der Waals surface area contributed by atoms with Crippen LogP contribution in [-0.4, -0.2) is 23.0 Å². The summed E-state index contributed by atoms with van der Waals surface area (Å²) >= 11 is 5.15. The molecule has 0 aliphatic carbocycles. The van der Waals surface area contributed by atoms with E-state index in [1.807, 2.05) is 19.1 Å². The van der Waals surface area contributed by atoms with Crippen LogP contribution in [0.2, 0.25) is 0 Å². The maximum Gasteiger partial charge on any atom is 0.101 e. The van der Waals surface area contributed by atoms with Crippen LogP contribution in [0.4, 0.5) is 0 Å². The molecule has 10 heavy (non-hydrogen) atoms. The van der Waals surface area contributed by atoms with Crippen LogP contribution < -0.4 is 0 Å². The minimum atomic E-state index is 1.00. The lowest BCUT2D eigenvalue weighted by Gasteiger charge is -2.14. The van der Waals surface area contributed by atoms with Gasteiger partial charge in [0.15, 0.2) is 0 Å². The van der Waals surface area contributed by atoms with E-state index in [1.165, 1.54) is 12.8 Å². The van der Waals surface area contributed by atoms with Crippen molar-refractivity contribution >= 4 is 17.2 Å². The Morgan fingerprint density at radius 2 is 2.00 bits per heavy atom. The Morgan fingerprint density at radius 3 is 2.50 bits per heavy atom. The molecule has 0 N–H and O–H groups in total. The SMILES string of the molecule is CC=CC(=S)N1CCCC1. The summed E-state index contributed by atoms with van der Waals surface area (Å²) in [6.45, 7) is 4.31. The minimum absolute atomic E-state index is 1.00. The first kappa shape index (κ1) is 7.73. The van der Waals surface area contributed by atoms with Crippen LogP contribution in [0.25, 0.3) is 0 Å². The largest absolute Gasteiger partial charge is 0.363 e. The van der Waals surface area contributed by atoms with Gasteiger partial charge in [0, 0.05) is 13.1 Å². The first-order valence-electron chi connectivity index (χ1n) is 3.76. The summed E-state index contributed by atoms with van der Waals surface area (Å²) in [6.07, 6.45) is 6.61. The molecule has 0 aromatic heterocycles. The second-order valence-electron chi connectivity index (χ2n) is 2.53. The monoisotopic (exact) mass is 155 g/mol. The van der Waals surface area contributed by atoms with Gasteiger partial charge in [-0.1, -0.05) is 18.3 Å². The second kappa shape index (κ2) is 3.71. The van der Waals surface area contributed by atoms with Gasteiger partial charge in [-0.2, -0.15) is 0 Å². The Bertz CT molecular complexity index is 145. The summed E-state index contributed by atoms with van der Waals surface area (Å²) < 4.78 is 0. The standard InChI is InChI=1S/C8H13NS/c1-2-5-8(10)9-6-3-4-7-9/h2,5H,3-4,6-7H2,1H3. The molecule has 1 rings (SSSR count). The molecule has 0 aromatic rings. The molecular weight excluding hydrogens is 142 g/mol. The van der Waals surface area contributed by atoms with Crippen molar-refractivity contribution in [3.8, 4) is 0 Å². The van der Waals surface area contributed by atoms with E-state index in [9.17, 15) is 0 Å². The van der Waals surface area contributed by atoms with E-state index in [4.69, 9.17) is 12.2 Å². The summed E-state index contributed by atoms with van der Waals surface area (Å²) in [5, 5.41) is 0. The van der Waals surface area contributed by atoms with Gasteiger partial charge in [0.2, 0.25) is 0 Å². The van der Waals surface area contributed by atoms with Gasteiger partial charge < -0.3 is 4.90 Å². The maximum atomic E-state index is 5.15. The molecule has 0 saturated carbocycles. The summed E-state index contributed by atoms with van der Waals surface area (Å²) in [7, 11) is 0. The van der Waals surface area contributed by atoms with Gasteiger partial charge in [0.25, 0.3) is 0 Å². The van der Waals surface area contributed by atoms with Crippen molar-refractivity contribution in [2.75, 3.05) is 13.1 Å². The summed E-state index contributed by atoms with van der Waals surface area (Å²) in [4.78, 5) is 3.26. The second-order valence-corrected chi connectivity index (χ2v) is 2.95. The van der Waals surface area contributed by atoms with Crippen LogP contribution in [-0.2, 0) is 0 Å². The summed E-state index contributed by atoms with van der Waals surface area (Å²) in [5.41, 5.74) is 0. The molecule has 0 atom stereocenters. The lowest BCUT2D eigenvalue weighted by molar-refractivity contribution is 0.532. The molecule has 1 saturated heterocycles. The molecule has 0 aromatic carbocycles. The predicted octanol–water partition coefficient (Wildman–Crippen LogP) is 1.99. The highest BCUT2D eigenvalue weighted by atomic mass is 32.1. The van der Waals surface area contributed by atoms with E-state index in [-0.39, 0.29) is 0 Å². The zero-order chi connectivity index (χ0) is 7.40. The number of allylic oxidation sites excluding steroid dienone is 1. The predicted molar refractivity (Wildman–Crippen MR) is 48.2 cm³/mol. The van der Waals surface area contributed by atoms with Crippen molar-refractivity contribution in [2.45, 2.75) is 19.8 Å². The van der Waals surface area contributed by atoms with Gasteiger partial charge in [0.05, 0.1) is 0 Å². The molecule has 1 fully saturated rings. The van der Waals surface area contributed by atoms with E-state index in [2.05, 4.69) is 4.90 Å². The van der Waals surface area contributed by atoms with E-state index in [1.54, 1.807) is 0 Å². The van der Waals surface area contributed by atoms with Crippen LogP contribution in [0.5, 0.6) is 0 Å². The third-order valence-corrected chi connectivity index (χ3v) is 2.12. The van der Waals surface area contributed by atoms with Crippen molar-refractivity contribution in [1.29, 1.82) is 0 Å². The van der Waals surface area contributed by atoms with E-state index < -0.39 is 0 Å². The molecule has 56 valence electrons. The minimum Gasteiger partial charge on any atom is -0.363 e. The average Bonchev–Trinajstić information content (AvgIpc) is 2.38. The first-order chi connectivity index (χ1) is 4.84. The zero-order valence-electron chi connectivity index (χ0n) is 6.34. The van der Waals surface area contributed by atoms with Crippen molar-refractivity contribution in [2.24, 2.45) is 0 Å². The van der Waals surface area contributed by atoms with Crippen molar-refractivity contribution < 1.29 is 0 Å². The lowest BCUT2D eigenvalue weighted by Crippen LogP contribution is -2.23.